The summed E-state index contributed by atoms with van der Waals surface area (Å²) in [6, 6.07) is 15.8. The average Bonchev–Trinajstić information content (AvgIpc) is 3.21. The van der Waals surface area contributed by atoms with Crippen molar-refractivity contribution >= 4 is 11.6 Å². The Morgan fingerprint density at radius 3 is 2.40 bits per heavy atom. The van der Waals surface area contributed by atoms with Gasteiger partial charge in [-0.1, -0.05) is 30.3 Å². The van der Waals surface area contributed by atoms with Crippen molar-refractivity contribution in [2.75, 3.05) is 45.0 Å². The van der Waals surface area contributed by atoms with Crippen LogP contribution in [-0.4, -0.2) is 71.4 Å². The van der Waals surface area contributed by atoms with Crippen molar-refractivity contribution < 1.29 is 34.0 Å². The highest BCUT2D eigenvalue weighted by Crippen LogP contribution is 2.39. The van der Waals surface area contributed by atoms with Crippen LogP contribution in [0.25, 0.3) is 5.69 Å². The summed E-state index contributed by atoms with van der Waals surface area (Å²) in [6.07, 6.45) is 1.30. The van der Waals surface area contributed by atoms with E-state index in [0.717, 1.165) is 11.4 Å². The van der Waals surface area contributed by atoms with Gasteiger partial charge in [-0.15, -0.1) is 0 Å². The number of ether oxygens (including phenoxy) is 4. The number of benzene rings is 2. The highest BCUT2D eigenvalue weighted by atomic mass is 16.7. The second-order valence-electron chi connectivity index (χ2n) is 9.85. The standard InChI is InChI=1S/C31H39N3O8/c1-4-41-31-23(14-16-39-18-19-40-17-15-35)24(20-27(42-31)29(37)32-25-12-8-9-13-26(25)36)28-21(2)33(3)34(30(28)38)22-10-6-5-7-11-22/h5-13,20,23-24,31,35-36H,4,14-19H2,1-3H3,(H,32,37)/t23-,24-,31+/m0/s1. The Morgan fingerprint density at radius 1 is 1.02 bits per heavy atom. The molecule has 3 aromatic rings. The second kappa shape index (κ2) is 14.8. The van der Waals surface area contributed by atoms with Crippen LogP contribution in [0.5, 0.6) is 5.75 Å². The molecule has 3 atom stereocenters. The first-order valence-corrected chi connectivity index (χ1v) is 14.1. The third-order valence-corrected chi connectivity index (χ3v) is 7.23. The van der Waals surface area contributed by atoms with Crippen LogP contribution in [0.4, 0.5) is 5.69 Å². The molecule has 0 spiro atoms. The average molecular weight is 582 g/mol. The second-order valence-corrected chi connectivity index (χ2v) is 9.85. The predicted octanol–water partition coefficient (Wildman–Crippen LogP) is 3.22. The summed E-state index contributed by atoms with van der Waals surface area (Å²) in [4.78, 5) is 27.4. The number of aromatic hydroxyl groups is 1. The summed E-state index contributed by atoms with van der Waals surface area (Å²) in [6.45, 7) is 5.24. The minimum Gasteiger partial charge on any atom is -0.506 e. The van der Waals surface area contributed by atoms with Gasteiger partial charge >= 0.3 is 0 Å². The minimum absolute atomic E-state index is 0.00908. The minimum atomic E-state index is -0.839. The number of aliphatic hydroxyl groups excluding tert-OH is 1. The maximum absolute atomic E-state index is 14.0. The molecule has 1 aromatic heterocycles. The van der Waals surface area contributed by atoms with Gasteiger partial charge in [0, 0.05) is 43.4 Å². The first-order chi connectivity index (χ1) is 20.4. The molecule has 42 heavy (non-hydrogen) atoms. The number of hydrogen-bond donors (Lipinski definition) is 3. The molecule has 0 bridgehead atoms. The van der Waals surface area contributed by atoms with Gasteiger partial charge in [-0.3, -0.25) is 14.3 Å². The van der Waals surface area contributed by atoms with Crippen LogP contribution < -0.4 is 10.9 Å². The van der Waals surface area contributed by atoms with Crippen molar-refractivity contribution in [2.24, 2.45) is 13.0 Å². The van der Waals surface area contributed by atoms with E-state index in [4.69, 9.17) is 24.1 Å². The van der Waals surface area contributed by atoms with Gasteiger partial charge in [0.1, 0.15) is 5.75 Å². The largest absolute Gasteiger partial charge is 0.506 e. The molecule has 1 aliphatic heterocycles. The lowest BCUT2D eigenvalue weighted by Gasteiger charge is -2.36. The van der Waals surface area contributed by atoms with E-state index in [9.17, 15) is 14.7 Å². The van der Waals surface area contributed by atoms with E-state index in [0.29, 0.717) is 38.4 Å². The Labute approximate surface area is 244 Å². The fourth-order valence-electron chi connectivity index (χ4n) is 5.11. The van der Waals surface area contributed by atoms with Crippen LogP contribution in [0.3, 0.4) is 0 Å². The van der Waals surface area contributed by atoms with Crippen molar-refractivity contribution in [3.63, 3.8) is 0 Å². The maximum atomic E-state index is 14.0. The highest BCUT2D eigenvalue weighted by molar-refractivity contribution is 6.03. The molecule has 0 aliphatic carbocycles. The summed E-state index contributed by atoms with van der Waals surface area (Å²) in [5.74, 6) is -1.56. The van der Waals surface area contributed by atoms with Gasteiger partial charge in [-0.2, -0.15) is 0 Å². The number of carbonyl (C=O) groups excluding carboxylic acids is 1. The molecule has 2 heterocycles. The molecule has 0 fully saturated rings. The van der Waals surface area contributed by atoms with Crippen LogP contribution in [0.1, 0.15) is 30.5 Å². The molecule has 0 saturated heterocycles. The van der Waals surface area contributed by atoms with E-state index in [1.165, 1.54) is 6.07 Å². The Morgan fingerprint density at radius 2 is 1.71 bits per heavy atom. The molecule has 226 valence electrons. The normalized spacial score (nSPS) is 18.4. The van der Waals surface area contributed by atoms with Crippen LogP contribution in [0.15, 0.2) is 71.2 Å². The number of para-hydroxylation sites is 3. The van der Waals surface area contributed by atoms with E-state index in [2.05, 4.69) is 5.32 Å². The van der Waals surface area contributed by atoms with E-state index >= 15 is 0 Å². The molecule has 11 nitrogen and oxygen atoms in total. The lowest BCUT2D eigenvalue weighted by atomic mass is 9.81. The van der Waals surface area contributed by atoms with Crippen molar-refractivity contribution in [1.82, 2.24) is 9.36 Å². The van der Waals surface area contributed by atoms with E-state index < -0.39 is 18.1 Å². The number of rotatable bonds is 14. The predicted molar refractivity (Wildman–Crippen MR) is 157 cm³/mol. The number of hydrogen-bond acceptors (Lipinski definition) is 8. The maximum Gasteiger partial charge on any atom is 0.290 e. The van der Waals surface area contributed by atoms with Crippen molar-refractivity contribution in [3.8, 4) is 11.4 Å². The fourth-order valence-corrected chi connectivity index (χ4v) is 5.11. The van der Waals surface area contributed by atoms with E-state index in [-0.39, 0.29) is 41.9 Å². The zero-order chi connectivity index (χ0) is 30.1. The van der Waals surface area contributed by atoms with Crippen molar-refractivity contribution in [2.45, 2.75) is 32.5 Å². The summed E-state index contributed by atoms with van der Waals surface area (Å²) in [7, 11) is 1.83. The number of allylic oxidation sites excluding steroid dienone is 1. The fraction of sp³-hybridized carbons (Fsp3) is 0.419. The van der Waals surface area contributed by atoms with Gasteiger partial charge in [0.25, 0.3) is 11.5 Å². The highest BCUT2D eigenvalue weighted by Gasteiger charge is 2.41. The van der Waals surface area contributed by atoms with Crippen LogP contribution in [-0.2, 0) is 30.8 Å². The number of nitrogens with zero attached hydrogens (tertiary/aromatic N) is 2. The summed E-state index contributed by atoms with van der Waals surface area (Å²) < 4.78 is 26.6. The zero-order valence-corrected chi connectivity index (χ0v) is 24.2. The molecule has 0 radical (unpaired) electrons. The SMILES string of the molecule is CCO[C@@H]1OC(C(=O)Nc2ccccc2O)=C[C@H](c2c(C)n(C)n(-c3ccccc3)c2=O)[C@@H]1CCOCCOCCO. The number of phenols is 1. The Hall–Kier alpha value is -3.90. The van der Waals surface area contributed by atoms with Gasteiger partial charge in [-0.05, 0) is 50.6 Å². The lowest BCUT2D eigenvalue weighted by molar-refractivity contribution is -0.166. The van der Waals surface area contributed by atoms with E-state index in [1.807, 2.05) is 51.2 Å². The monoisotopic (exact) mass is 581 g/mol. The number of phenolic OH excluding ortho intramolecular Hbond substituents is 1. The van der Waals surface area contributed by atoms with Gasteiger partial charge in [0.05, 0.1) is 37.8 Å². The summed E-state index contributed by atoms with van der Waals surface area (Å²) in [5.41, 5.74) is 2.02. The Balaban J connectivity index is 1.71. The topological polar surface area (TPSA) is 133 Å². The molecule has 1 amide bonds. The number of carbonyl (C=O) groups is 1. The van der Waals surface area contributed by atoms with Gasteiger partial charge in [0.2, 0.25) is 6.29 Å². The quantitative estimate of drug-likeness (QED) is 0.195. The molecule has 2 aromatic carbocycles. The number of amides is 1. The molecule has 4 rings (SSSR count). The number of aromatic nitrogens is 2. The third kappa shape index (κ3) is 7.11. The van der Waals surface area contributed by atoms with Gasteiger partial charge in [0.15, 0.2) is 5.76 Å². The molecule has 0 saturated carbocycles. The number of anilines is 1. The lowest BCUT2D eigenvalue weighted by Crippen LogP contribution is -2.39. The molecule has 0 unspecified atom stereocenters. The third-order valence-electron chi connectivity index (χ3n) is 7.23. The van der Waals surface area contributed by atoms with Crippen molar-refractivity contribution in [1.29, 1.82) is 0 Å². The Bertz CT molecular complexity index is 1420. The van der Waals surface area contributed by atoms with Gasteiger partial charge < -0.3 is 34.5 Å². The summed E-state index contributed by atoms with van der Waals surface area (Å²) >= 11 is 0. The number of nitrogens with one attached hydrogen (secondary N) is 1. The smallest absolute Gasteiger partial charge is 0.290 e. The molecular formula is C31H39N3O8. The molecule has 11 heteroatoms. The molecule has 1 aliphatic rings. The van der Waals surface area contributed by atoms with Crippen LogP contribution in [0, 0.1) is 12.8 Å². The summed E-state index contributed by atoms with van der Waals surface area (Å²) in [5, 5.41) is 21.8. The first kappa shape index (κ1) is 31.0. The van der Waals surface area contributed by atoms with Crippen LogP contribution in [0.2, 0.25) is 0 Å². The first-order valence-electron chi connectivity index (χ1n) is 14.1. The van der Waals surface area contributed by atoms with E-state index in [1.54, 1.807) is 33.6 Å². The Kier molecular flexibility index (Phi) is 11.0. The van der Waals surface area contributed by atoms with Crippen molar-refractivity contribution in [3.05, 3.63) is 88.0 Å². The zero-order valence-electron chi connectivity index (χ0n) is 24.2. The molecule has 3 N–H and O–H groups in total. The number of aliphatic hydroxyl groups is 1. The molecular weight excluding hydrogens is 542 g/mol. The van der Waals surface area contributed by atoms with Gasteiger partial charge in [-0.25, -0.2) is 4.68 Å². The van der Waals surface area contributed by atoms with Crippen LogP contribution >= 0.6 is 0 Å².